The van der Waals surface area contributed by atoms with Crippen molar-refractivity contribution in [3.05, 3.63) is 60.2 Å². The minimum atomic E-state index is -0.965. The summed E-state index contributed by atoms with van der Waals surface area (Å²) < 4.78 is 11.0. The number of nitrogens with one attached hydrogen (secondary N) is 1. The normalized spacial score (nSPS) is 18.6. The Morgan fingerprint density at radius 1 is 1.11 bits per heavy atom. The molecule has 1 atom stereocenters. The Bertz CT molecular complexity index is 824. The number of amides is 2. The molecule has 1 aliphatic heterocycles. The van der Waals surface area contributed by atoms with Crippen LogP contribution in [0.5, 0.6) is 5.75 Å². The van der Waals surface area contributed by atoms with Crippen molar-refractivity contribution in [3.8, 4) is 5.75 Å². The largest absolute Gasteiger partial charge is 0.492 e. The van der Waals surface area contributed by atoms with Crippen molar-refractivity contribution in [2.75, 3.05) is 18.5 Å². The zero-order valence-corrected chi connectivity index (χ0v) is 16.3. The maximum atomic E-state index is 13.1. The van der Waals surface area contributed by atoms with Crippen LogP contribution in [-0.4, -0.2) is 35.6 Å². The molecule has 148 valence electrons. The predicted octanol–water partition coefficient (Wildman–Crippen LogP) is 4.22. The smallest absolute Gasteiger partial charge is 0.410 e. The number of hydrogen-bond acceptors (Lipinski definition) is 4. The molecule has 2 amide bonds. The molecular formula is C22H26N2O4. The standard InChI is InChI=1S/C22H26N2O4/c1-3-27-19-13-8-7-12-18(19)23-20(25)22(2)14-9-15-24(22)21(26)28-16-17-10-5-4-6-11-17/h4-8,10-13H,3,9,14-16H2,1-2H3,(H,23,25). The van der Waals surface area contributed by atoms with E-state index in [4.69, 9.17) is 9.47 Å². The fraction of sp³-hybridized carbons (Fsp3) is 0.364. The number of carbonyl (C=O) groups excluding carboxylic acids is 2. The van der Waals surface area contributed by atoms with E-state index < -0.39 is 11.6 Å². The highest BCUT2D eigenvalue weighted by atomic mass is 16.6. The number of ether oxygens (including phenoxy) is 2. The van der Waals surface area contributed by atoms with Gasteiger partial charge in [-0.05, 0) is 44.4 Å². The summed E-state index contributed by atoms with van der Waals surface area (Å²) in [5, 5.41) is 2.92. The molecule has 0 bridgehead atoms. The lowest BCUT2D eigenvalue weighted by Crippen LogP contribution is -2.53. The number of carbonyl (C=O) groups is 2. The fourth-order valence-corrected chi connectivity index (χ4v) is 3.40. The third-order valence-electron chi connectivity index (χ3n) is 4.99. The molecule has 0 spiro atoms. The average Bonchev–Trinajstić information content (AvgIpc) is 3.12. The summed E-state index contributed by atoms with van der Waals surface area (Å²) in [6.45, 7) is 4.84. The SMILES string of the molecule is CCOc1ccccc1NC(=O)C1(C)CCCN1C(=O)OCc1ccccc1. The summed E-state index contributed by atoms with van der Waals surface area (Å²) in [4.78, 5) is 27.2. The van der Waals surface area contributed by atoms with Gasteiger partial charge in [0.25, 0.3) is 0 Å². The van der Waals surface area contributed by atoms with Crippen molar-refractivity contribution in [3.63, 3.8) is 0 Å². The zero-order valence-electron chi connectivity index (χ0n) is 16.3. The first-order chi connectivity index (χ1) is 13.5. The Kier molecular flexibility index (Phi) is 6.19. The van der Waals surface area contributed by atoms with E-state index in [2.05, 4.69) is 5.32 Å². The summed E-state index contributed by atoms with van der Waals surface area (Å²) in [7, 11) is 0. The summed E-state index contributed by atoms with van der Waals surface area (Å²) in [5.41, 5.74) is 0.541. The second-order valence-corrected chi connectivity index (χ2v) is 6.95. The summed E-state index contributed by atoms with van der Waals surface area (Å²) in [6, 6.07) is 16.8. The first-order valence-corrected chi connectivity index (χ1v) is 9.56. The first-order valence-electron chi connectivity index (χ1n) is 9.56. The van der Waals surface area contributed by atoms with E-state index in [1.165, 1.54) is 4.90 Å². The molecule has 3 rings (SSSR count). The van der Waals surface area contributed by atoms with E-state index in [0.717, 1.165) is 12.0 Å². The van der Waals surface area contributed by atoms with Gasteiger partial charge in [-0.2, -0.15) is 0 Å². The van der Waals surface area contributed by atoms with Crippen molar-refractivity contribution in [2.24, 2.45) is 0 Å². The van der Waals surface area contributed by atoms with Gasteiger partial charge in [0, 0.05) is 6.54 Å². The molecule has 0 radical (unpaired) electrons. The molecule has 1 heterocycles. The Morgan fingerprint density at radius 2 is 1.82 bits per heavy atom. The highest BCUT2D eigenvalue weighted by Gasteiger charge is 2.46. The fourth-order valence-electron chi connectivity index (χ4n) is 3.40. The van der Waals surface area contributed by atoms with Crippen LogP contribution in [0.25, 0.3) is 0 Å². The maximum absolute atomic E-state index is 13.1. The minimum Gasteiger partial charge on any atom is -0.492 e. The molecule has 1 aliphatic rings. The van der Waals surface area contributed by atoms with Crippen molar-refractivity contribution >= 4 is 17.7 Å². The molecule has 2 aromatic carbocycles. The van der Waals surface area contributed by atoms with Gasteiger partial charge < -0.3 is 14.8 Å². The van der Waals surface area contributed by atoms with E-state index in [1.54, 1.807) is 13.0 Å². The number of anilines is 1. The van der Waals surface area contributed by atoms with E-state index in [1.807, 2.05) is 55.5 Å². The van der Waals surface area contributed by atoms with Crippen molar-refractivity contribution < 1.29 is 19.1 Å². The Hall–Kier alpha value is -3.02. The van der Waals surface area contributed by atoms with E-state index in [0.29, 0.717) is 31.0 Å². The topological polar surface area (TPSA) is 67.9 Å². The number of para-hydroxylation sites is 2. The average molecular weight is 382 g/mol. The molecule has 1 saturated heterocycles. The predicted molar refractivity (Wildman–Crippen MR) is 107 cm³/mol. The van der Waals surface area contributed by atoms with Gasteiger partial charge >= 0.3 is 6.09 Å². The molecule has 1 fully saturated rings. The van der Waals surface area contributed by atoms with Gasteiger partial charge in [-0.15, -0.1) is 0 Å². The van der Waals surface area contributed by atoms with Crippen LogP contribution in [0, 0.1) is 0 Å². The van der Waals surface area contributed by atoms with Gasteiger partial charge in [-0.25, -0.2) is 4.79 Å². The molecular weight excluding hydrogens is 356 g/mol. The van der Waals surface area contributed by atoms with Gasteiger partial charge in [0.1, 0.15) is 17.9 Å². The van der Waals surface area contributed by atoms with Crippen LogP contribution in [0.2, 0.25) is 0 Å². The van der Waals surface area contributed by atoms with Crippen molar-refractivity contribution in [2.45, 2.75) is 38.8 Å². The van der Waals surface area contributed by atoms with E-state index in [-0.39, 0.29) is 12.5 Å². The number of rotatable bonds is 6. The van der Waals surface area contributed by atoms with Crippen molar-refractivity contribution in [1.82, 2.24) is 4.90 Å². The molecule has 0 aliphatic carbocycles. The molecule has 0 saturated carbocycles. The quantitative estimate of drug-likeness (QED) is 0.812. The summed E-state index contributed by atoms with van der Waals surface area (Å²) >= 11 is 0. The van der Waals surface area contributed by atoms with Gasteiger partial charge in [-0.3, -0.25) is 9.69 Å². The van der Waals surface area contributed by atoms with E-state index >= 15 is 0 Å². The van der Waals surface area contributed by atoms with Crippen LogP contribution in [0.1, 0.15) is 32.3 Å². The first kappa shape index (κ1) is 19.7. The third-order valence-corrected chi connectivity index (χ3v) is 4.99. The van der Waals surface area contributed by atoms with Crippen LogP contribution in [-0.2, 0) is 16.1 Å². The lowest BCUT2D eigenvalue weighted by atomic mass is 9.97. The summed E-state index contributed by atoms with van der Waals surface area (Å²) in [5.74, 6) is 0.368. The molecule has 1 N–H and O–H groups in total. The Balaban J connectivity index is 1.69. The number of benzene rings is 2. The monoisotopic (exact) mass is 382 g/mol. The molecule has 0 aromatic heterocycles. The maximum Gasteiger partial charge on any atom is 0.410 e. The second-order valence-electron chi connectivity index (χ2n) is 6.95. The lowest BCUT2D eigenvalue weighted by molar-refractivity contribution is -0.125. The lowest BCUT2D eigenvalue weighted by Gasteiger charge is -2.33. The van der Waals surface area contributed by atoms with Crippen LogP contribution in [0.3, 0.4) is 0 Å². The van der Waals surface area contributed by atoms with Gasteiger partial charge in [0.15, 0.2) is 0 Å². The van der Waals surface area contributed by atoms with Gasteiger partial charge in [-0.1, -0.05) is 42.5 Å². The molecule has 28 heavy (non-hydrogen) atoms. The number of hydrogen-bond donors (Lipinski definition) is 1. The molecule has 2 aromatic rings. The Morgan fingerprint density at radius 3 is 2.57 bits per heavy atom. The highest BCUT2D eigenvalue weighted by Crippen LogP contribution is 2.33. The second kappa shape index (κ2) is 8.78. The van der Waals surface area contributed by atoms with Crippen LogP contribution in [0.4, 0.5) is 10.5 Å². The van der Waals surface area contributed by atoms with Gasteiger partial charge in [0.2, 0.25) is 5.91 Å². The molecule has 6 heteroatoms. The van der Waals surface area contributed by atoms with Gasteiger partial charge in [0.05, 0.1) is 12.3 Å². The summed E-state index contributed by atoms with van der Waals surface area (Å²) in [6.07, 6.45) is 0.852. The number of nitrogens with zero attached hydrogens (tertiary/aromatic N) is 1. The highest BCUT2D eigenvalue weighted by molar-refractivity contribution is 6.00. The molecule has 1 unspecified atom stereocenters. The van der Waals surface area contributed by atoms with Crippen LogP contribution < -0.4 is 10.1 Å². The van der Waals surface area contributed by atoms with Crippen LogP contribution in [0.15, 0.2) is 54.6 Å². The molecule has 6 nitrogen and oxygen atoms in total. The third kappa shape index (κ3) is 4.27. The zero-order chi connectivity index (χ0) is 20.0. The minimum absolute atomic E-state index is 0.182. The van der Waals surface area contributed by atoms with Crippen molar-refractivity contribution in [1.29, 1.82) is 0 Å². The van der Waals surface area contributed by atoms with Crippen LogP contribution >= 0.6 is 0 Å². The Labute approximate surface area is 165 Å². The van der Waals surface area contributed by atoms with E-state index in [9.17, 15) is 9.59 Å². The number of likely N-dealkylation sites (tertiary alicyclic amines) is 1.